The minimum Gasteiger partial charge on any atom is -0.495 e. The van der Waals surface area contributed by atoms with Crippen LogP contribution in [0.1, 0.15) is 0 Å². The summed E-state index contributed by atoms with van der Waals surface area (Å²) in [6.07, 6.45) is 1.43. The SMILES string of the molecule is COc1c[c]ccc1Nc1ncc(Cl)c(Cl)n1. The van der Waals surface area contributed by atoms with Gasteiger partial charge in [0.2, 0.25) is 5.95 Å². The largest absolute Gasteiger partial charge is 0.495 e. The van der Waals surface area contributed by atoms with Crippen LogP contribution in [0, 0.1) is 6.07 Å². The summed E-state index contributed by atoms with van der Waals surface area (Å²) < 4.78 is 5.16. The summed E-state index contributed by atoms with van der Waals surface area (Å²) >= 11 is 11.5. The van der Waals surface area contributed by atoms with Crippen molar-refractivity contribution < 1.29 is 4.74 Å². The van der Waals surface area contributed by atoms with Crippen molar-refractivity contribution >= 4 is 34.8 Å². The van der Waals surface area contributed by atoms with Gasteiger partial charge in [0.15, 0.2) is 5.15 Å². The zero-order valence-corrected chi connectivity index (χ0v) is 10.4. The van der Waals surface area contributed by atoms with E-state index in [-0.39, 0.29) is 5.15 Å². The minimum atomic E-state index is 0.200. The van der Waals surface area contributed by atoms with Gasteiger partial charge in [0, 0.05) is 0 Å². The van der Waals surface area contributed by atoms with Crippen LogP contribution in [0.5, 0.6) is 5.75 Å². The molecule has 0 spiro atoms. The molecule has 4 nitrogen and oxygen atoms in total. The molecule has 0 fully saturated rings. The molecule has 2 rings (SSSR count). The molecule has 87 valence electrons. The van der Waals surface area contributed by atoms with E-state index < -0.39 is 0 Å². The molecule has 0 atom stereocenters. The van der Waals surface area contributed by atoms with Gasteiger partial charge in [0.05, 0.1) is 24.0 Å². The first-order valence-corrected chi connectivity index (χ1v) is 5.45. The van der Waals surface area contributed by atoms with E-state index in [1.807, 2.05) is 0 Å². The first kappa shape index (κ1) is 12.0. The molecule has 0 amide bonds. The standard InChI is InChI=1S/C11H8Cl2N3O/c1-17-9-5-3-2-4-8(9)15-11-14-6-7(12)10(13)16-11/h2,4-6H,1H3,(H,14,15,16). The second-order valence-corrected chi connectivity index (χ2v) is 3.85. The Balaban J connectivity index is 2.28. The van der Waals surface area contributed by atoms with Crippen molar-refractivity contribution in [1.82, 2.24) is 9.97 Å². The summed E-state index contributed by atoms with van der Waals surface area (Å²) in [6, 6.07) is 8.16. The maximum atomic E-state index is 5.79. The second-order valence-electron chi connectivity index (χ2n) is 3.08. The summed E-state index contributed by atoms with van der Waals surface area (Å²) in [4.78, 5) is 7.99. The number of aromatic nitrogens is 2. The predicted molar refractivity (Wildman–Crippen MR) is 67.2 cm³/mol. The highest BCUT2D eigenvalue weighted by Crippen LogP contribution is 2.26. The molecule has 1 aromatic carbocycles. The van der Waals surface area contributed by atoms with E-state index in [0.717, 1.165) is 5.69 Å². The van der Waals surface area contributed by atoms with Gasteiger partial charge in [-0.05, 0) is 18.2 Å². The Morgan fingerprint density at radius 3 is 2.94 bits per heavy atom. The summed E-state index contributed by atoms with van der Waals surface area (Å²) in [7, 11) is 1.57. The number of methoxy groups -OCH3 is 1. The van der Waals surface area contributed by atoms with E-state index in [2.05, 4.69) is 21.4 Å². The third-order valence-electron chi connectivity index (χ3n) is 1.99. The number of nitrogens with one attached hydrogen (secondary N) is 1. The highest BCUT2D eigenvalue weighted by molar-refractivity contribution is 6.41. The Morgan fingerprint density at radius 2 is 2.24 bits per heavy atom. The lowest BCUT2D eigenvalue weighted by Gasteiger charge is -2.09. The molecule has 1 aromatic heterocycles. The van der Waals surface area contributed by atoms with Crippen molar-refractivity contribution in [2.45, 2.75) is 0 Å². The van der Waals surface area contributed by atoms with Crippen LogP contribution in [0.3, 0.4) is 0 Å². The first-order chi connectivity index (χ1) is 8.20. The van der Waals surface area contributed by atoms with E-state index in [4.69, 9.17) is 27.9 Å². The first-order valence-electron chi connectivity index (χ1n) is 4.70. The fourth-order valence-electron chi connectivity index (χ4n) is 1.21. The summed E-state index contributed by atoms with van der Waals surface area (Å²) in [5.41, 5.74) is 0.727. The van der Waals surface area contributed by atoms with Crippen molar-refractivity contribution in [2.24, 2.45) is 0 Å². The van der Waals surface area contributed by atoms with Crippen LogP contribution < -0.4 is 10.1 Å². The molecule has 6 heteroatoms. The quantitative estimate of drug-likeness (QED) is 0.868. The maximum Gasteiger partial charge on any atom is 0.228 e. The van der Waals surface area contributed by atoms with Crippen molar-refractivity contribution in [2.75, 3.05) is 12.4 Å². The van der Waals surface area contributed by atoms with Gasteiger partial charge in [-0.2, -0.15) is 4.98 Å². The topological polar surface area (TPSA) is 47.0 Å². The normalized spacial score (nSPS) is 10.1. The smallest absolute Gasteiger partial charge is 0.228 e. The lowest BCUT2D eigenvalue weighted by Crippen LogP contribution is -1.99. The van der Waals surface area contributed by atoms with E-state index in [9.17, 15) is 0 Å². The fourth-order valence-corrected chi connectivity index (χ4v) is 1.43. The molecule has 0 saturated carbocycles. The van der Waals surface area contributed by atoms with Crippen LogP contribution in [0.4, 0.5) is 11.6 Å². The molecule has 0 aliphatic heterocycles. The number of hydrogen-bond acceptors (Lipinski definition) is 4. The molecule has 1 heterocycles. The third-order valence-corrected chi connectivity index (χ3v) is 2.66. The van der Waals surface area contributed by atoms with Crippen molar-refractivity contribution in [3.63, 3.8) is 0 Å². The molecule has 0 aliphatic carbocycles. The fraction of sp³-hybridized carbons (Fsp3) is 0.0909. The van der Waals surface area contributed by atoms with Gasteiger partial charge >= 0.3 is 0 Å². The second kappa shape index (κ2) is 5.21. The molecule has 0 unspecified atom stereocenters. The summed E-state index contributed by atoms with van der Waals surface area (Å²) in [5.74, 6) is 0.992. The van der Waals surface area contributed by atoms with Crippen LogP contribution in [0.15, 0.2) is 24.4 Å². The monoisotopic (exact) mass is 268 g/mol. The van der Waals surface area contributed by atoms with Gasteiger partial charge in [-0.1, -0.05) is 29.3 Å². The third kappa shape index (κ3) is 2.78. The molecule has 0 bridgehead atoms. The molecule has 2 aromatic rings. The van der Waals surface area contributed by atoms with Crippen LogP contribution in [0.25, 0.3) is 0 Å². The molecule has 0 saturated heterocycles. The van der Waals surface area contributed by atoms with Crippen LogP contribution in [-0.2, 0) is 0 Å². The Labute approximate surface area is 109 Å². The lowest BCUT2D eigenvalue weighted by molar-refractivity contribution is 0.416. The van der Waals surface area contributed by atoms with E-state index >= 15 is 0 Å². The zero-order valence-electron chi connectivity index (χ0n) is 8.87. The lowest BCUT2D eigenvalue weighted by atomic mass is 10.3. The van der Waals surface area contributed by atoms with Gasteiger partial charge < -0.3 is 10.1 Å². The Bertz CT molecular complexity index is 534. The zero-order chi connectivity index (χ0) is 12.3. The average Bonchev–Trinajstić information content (AvgIpc) is 2.34. The van der Waals surface area contributed by atoms with Gasteiger partial charge in [-0.25, -0.2) is 4.98 Å². The van der Waals surface area contributed by atoms with Gasteiger partial charge in [0.25, 0.3) is 0 Å². The number of anilines is 2. The minimum absolute atomic E-state index is 0.200. The summed E-state index contributed by atoms with van der Waals surface area (Å²) in [6.45, 7) is 0. The van der Waals surface area contributed by atoms with Crippen molar-refractivity contribution in [3.05, 3.63) is 40.6 Å². The molecule has 1 N–H and O–H groups in total. The van der Waals surface area contributed by atoms with Crippen LogP contribution >= 0.6 is 23.2 Å². The maximum absolute atomic E-state index is 5.79. The number of rotatable bonds is 3. The van der Waals surface area contributed by atoms with E-state index in [0.29, 0.717) is 16.7 Å². The van der Waals surface area contributed by atoms with Crippen LogP contribution in [0.2, 0.25) is 10.2 Å². The Hall–Kier alpha value is -1.52. The van der Waals surface area contributed by atoms with E-state index in [1.54, 1.807) is 25.3 Å². The molecular weight excluding hydrogens is 261 g/mol. The van der Waals surface area contributed by atoms with Crippen molar-refractivity contribution in [1.29, 1.82) is 0 Å². The molecule has 0 aliphatic rings. The molecule has 17 heavy (non-hydrogen) atoms. The number of hydrogen-bond donors (Lipinski definition) is 1. The number of ether oxygens (including phenoxy) is 1. The number of halogens is 2. The number of benzene rings is 1. The average molecular weight is 269 g/mol. The van der Waals surface area contributed by atoms with Crippen molar-refractivity contribution in [3.8, 4) is 5.75 Å². The highest BCUT2D eigenvalue weighted by Gasteiger charge is 2.06. The van der Waals surface area contributed by atoms with Gasteiger partial charge in [0.1, 0.15) is 5.75 Å². The van der Waals surface area contributed by atoms with Crippen LogP contribution in [-0.4, -0.2) is 17.1 Å². The summed E-state index contributed by atoms with van der Waals surface area (Å²) in [5, 5.41) is 3.49. The number of nitrogens with zero attached hydrogens (tertiary/aromatic N) is 2. The van der Waals surface area contributed by atoms with Gasteiger partial charge in [-0.15, -0.1) is 0 Å². The molecular formula is C11H8Cl2N3O. The predicted octanol–water partition coefficient (Wildman–Crippen LogP) is 3.34. The Morgan fingerprint density at radius 1 is 1.41 bits per heavy atom. The van der Waals surface area contributed by atoms with Gasteiger partial charge in [-0.3, -0.25) is 0 Å². The molecule has 1 radical (unpaired) electrons. The van der Waals surface area contributed by atoms with E-state index in [1.165, 1.54) is 6.20 Å². The Kier molecular flexibility index (Phi) is 3.66. The highest BCUT2D eigenvalue weighted by atomic mass is 35.5.